The van der Waals surface area contributed by atoms with E-state index in [1.807, 2.05) is 0 Å². The Morgan fingerprint density at radius 3 is 2.65 bits per heavy atom. The molecule has 136 valence electrons. The molecule has 1 aromatic heterocycles. The van der Waals surface area contributed by atoms with E-state index >= 15 is 0 Å². The van der Waals surface area contributed by atoms with Crippen molar-refractivity contribution in [3.8, 4) is 11.5 Å². The van der Waals surface area contributed by atoms with Crippen molar-refractivity contribution in [1.29, 1.82) is 0 Å². The van der Waals surface area contributed by atoms with E-state index in [9.17, 15) is 18.4 Å². The van der Waals surface area contributed by atoms with Gasteiger partial charge in [0.2, 0.25) is 11.8 Å². The number of nitrogens with zero attached hydrogens (tertiary/aromatic N) is 3. The summed E-state index contributed by atoms with van der Waals surface area (Å²) >= 11 is 0. The van der Waals surface area contributed by atoms with Gasteiger partial charge in [0.15, 0.2) is 0 Å². The van der Waals surface area contributed by atoms with Gasteiger partial charge in [-0.3, -0.25) is 9.69 Å². The van der Waals surface area contributed by atoms with Crippen molar-refractivity contribution in [3.05, 3.63) is 41.3 Å². The van der Waals surface area contributed by atoms with Crippen LogP contribution in [0, 0.1) is 11.6 Å². The number of rotatable bonds is 3. The number of cyclic esters (lactones) is 1. The van der Waals surface area contributed by atoms with Crippen LogP contribution in [-0.2, 0) is 22.5 Å². The van der Waals surface area contributed by atoms with Gasteiger partial charge >= 0.3 is 6.09 Å². The molecule has 0 bridgehead atoms. The third kappa shape index (κ3) is 3.12. The van der Waals surface area contributed by atoms with Crippen LogP contribution in [0.2, 0.25) is 0 Å². The molecule has 0 aliphatic carbocycles. The number of hydrogen-bond acceptors (Lipinski definition) is 5. The molecule has 2 amide bonds. The Hall–Kier alpha value is -2.97. The van der Waals surface area contributed by atoms with Gasteiger partial charge in [0.05, 0.1) is 13.1 Å². The zero-order chi connectivity index (χ0) is 18.3. The molecule has 1 aromatic carbocycles. The van der Waals surface area contributed by atoms with Gasteiger partial charge in [0.1, 0.15) is 36.2 Å². The van der Waals surface area contributed by atoms with Crippen molar-refractivity contribution in [2.45, 2.75) is 13.0 Å². The van der Waals surface area contributed by atoms with E-state index < -0.39 is 17.7 Å². The van der Waals surface area contributed by atoms with Crippen LogP contribution in [0.3, 0.4) is 0 Å². The topological polar surface area (TPSA) is 75.9 Å². The van der Waals surface area contributed by atoms with Gasteiger partial charge in [-0.2, -0.15) is 0 Å². The molecular formula is C17H15F2N3O4. The number of oxazole rings is 1. The Morgan fingerprint density at radius 2 is 1.96 bits per heavy atom. The van der Waals surface area contributed by atoms with E-state index in [0.717, 1.165) is 18.2 Å². The quantitative estimate of drug-likeness (QED) is 0.833. The summed E-state index contributed by atoms with van der Waals surface area (Å²) in [7, 11) is 0. The summed E-state index contributed by atoms with van der Waals surface area (Å²) in [6, 6.07) is 3.06. The molecule has 3 heterocycles. The Morgan fingerprint density at radius 1 is 1.19 bits per heavy atom. The van der Waals surface area contributed by atoms with Gasteiger partial charge in [0, 0.05) is 24.6 Å². The lowest BCUT2D eigenvalue weighted by Gasteiger charge is -2.26. The van der Waals surface area contributed by atoms with Gasteiger partial charge in [0.25, 0.3) is 0 Å². The molecule has 2 aliphatic rings. The second-order valence-corrected chi connectivity index (χ2v) is 6.15. The molecule has 7 nitrogen and oxygen atoms in total. The molecule has 1 fully saturated rings. The van der Waals surface area contributed by atoms with Crippen LogP contribution in [0.25, 0.3) is 11.5 Å². The first-order valence-corrected chi connectivity index (χ1v) is 8.14. The normalized spacial score (nSPS) is 16.6. The average molecular weight is 363 g/mol. The van der Waals surface area contributed by atoms with Crippen LogP contribution >= 0.6 is 0 Å². The molecule has 1 saturated heterocycles. The van der Waals surface area contributed by atoms with Crippen molar-refractivity contribution in [3.63, 3.8) is 0 Å². The van der Waals surface area contributed by atoms with Gasteiger partial charge in [-0.25, -0.2) is 18.6 Å². The van der Waals surface area contributed by atoms with E-state index in [1.54, 1.807) is 4.90 Å². The fourth-order valence-corrected chi connectivity index (χ4v) is 3.04. The molecule has 0 spiro atoms. The summed E-state index contributed by atoms with van der Waals surface area (Å²) in [5.74, 6) is -0.938. The highest BCUT2D eigenvalue weighted by Gasteiger charge is 2.30. The maximum atomic E-state index is 13.4. The number of fused-ring (bicyclic) bond motifs is 1. The van der Waals surface area contributed by atoms with E-state index in [4.69, 9.17) is 9.15 Å². The fourth-order valence-electron chi connectivity index (χ4n) is 3.04. The fraction of sp³-hybridized carbons (Fsp3) is 0.353. The third-order valence-corrected chi connectivity index (χ3v) is 4.36. The Kier molecular flexibility index (Phi) is 4.06. The summed E-state index contributed by atoms with van der Waals surface area (Å²) in [4.78, 5) is 31.1. The molecule has 26 heavy (non-hydrogen) atoms. The van der Waals surface area contributed by atoms with Crippen molar-refractivity contribution in [1.82, 2.24) is 14.8 Å². The van der Waals surface area contributed by atoms with Gasteiger partial charge in [-0.1, -0.05) is 0 Å². The van der Waals surface area contributed by atoms with Gasteiger partial charge in [-0.05, 0) is 12.1 Å². The van der Waals surface area contributed by atoms with E-state index in [2.05, 4.69) is 4.98 Å². The first kappa shape index (κ1) is 16.5. The average Bonchev–Trinajstić information content (AvgIpc) is 3.19. The highest BCUT2D eigenvalue weighted by atomic mass is 19.1. The molecule has 2 aromatic rings. The number of ether oxygens (including phenoxy) is 1. The molecule has 9 heteroatoms. The van der Waals surface area contributed by atoms with Crippen molar-refractivity contribution in [2.24, 2.45) is 0 Å². The Labute approximate surface area is 147 Å². The maximum Gasteiger partial charge on any atom is 0.410 e. The van der Waals surface area contributed by atoms with Crippen LogP contribution < -0.4 is 0 Å². The van der Waals surface area contributed by atoms with E-state index in [-0.39, 0.29) is 37.1 Å². The van der Waals surface area contributed by atoms with Crippen LogP contribution in [0.4, 0.5) is 13.6 Å². The highest BCUT2D eigenvalue weighted by molar-refractivity contribution is 5.83. The predicted molar refractivity (Wildman–Crippen MR) is 83.9 cm³/mol. The molecule has 0 N–H and O–H groups in total. The molecule has 0 saturated carbocycles. The van der Waals surface area contributed by atoms with Crippen LogP contribution in [0.1, 0.15) is 11.5 Å². The molecular weight excluding hydrogens is 348 g/mol. The van der Waals surface area contributed by atoms with Crippen LogP contribution in [-0.4, -0.2) is 53.0 Å². The van der Waals surface area contributed by atoms with Crippen molar-refractivity contribution < 1.29 is 27.5 Å². The number of carbonyl (C=O) groups is 2. The molecule has 2 aliphatic heterocycles. The minimum Gasteiger partial charge on any atom is -0.448 e. The first-order chi connectivity index (χ1) is 12.5. The Balaban J connectivity index is 1.49. The smallest absolute Gasteiger partial charge is 0.410 e. The monoisotopic (exact) mass is 363 g/mol. The number of hydrogen-bond donors (Lipinski definition) is 0. The van der Waals surface area contributed by atoms with Crippen molar-refractivity contribution in [2.75, 3.05) is 26.2 Å². The van der Waals surface area contributed by atoms with Gasteiger partial charge in [-0.15, -0.1) is 0 Å². The van der Waals surface area contributed by atoms with E-state index in [0.29, 0.717) is 31.0 Å². The molecule has 4 rings (SSSR count). The van der Waals surface area contributed by atoms with Gasteiger partial charge < -0.3 is 14.1 Å². The number of aromatic nitrogens is 1. The predicted octanol–water partition coefficient (Wildman–Crippen LogP) is 1.96. The highest BCUT2D eigenvalue weighted by Crippen LogP contribution is 2.27. The van der Waals surface area contributed by atoms with E-state index in [1.165, 1.54) is 4.90 Å². The summed E-state index contributed by atoms with van der Waals surface area (Å²) in [5.41, 5.74) is 0.753. The molecule has 0 atom stereocenters. The van der Waals surface area contributed by atoms with Crippen LogP contribution in [0.5, 0.6) is 0 Å². The second-order valence-electron chi connectivity index (χ2n) is 6.15. The van der Waals surface area contributed by atoms with Crippen molar-refractivity contribution >= 4 is 12.0 Å². The standard InChI is InChI=1S/C17H15F2N3O4/c18-11-5-10(6-12(19)7-11)16-20-13-8-21(2-1-14(13)26-16)15(23)9-22-3-4-25-17(22)24/h5-7H,1-4,8-9H2. The second kappa shape index (κ2) is 6.40. The summed E-state index contributed by atoms with van der Waals surface area (Å²) in [6.45, 7) is 1.27. The maximum absolute atomic E-state index is 13.4. The number of carbonyl (C=O) groups excluding carboxylic acids is 2. The largest absolute Gasteiger partial charge is 0.448 e. The number of amides is 2. The minimum atomic E-state index is -0.717. The Bertz CT molecular complexity index is 863. The molecule has 0 unspecified atom stereocenters. The number of benzene rings is 1. The SMILES string of the molecule is O=C(CN1CCOC1=O)N1CCc2oc(-c3cc(F)cc(F)c3)nc2C1. The minimum absolute atomic E-state index is 0.0476. The first-order valence-electron chi connectivity index (χ1n) is 8.14. The zero-order valence-corrected chi connectivity index (χ0v) is 13.7. The lowest BCUT2D eigenvalue weighted by atomic mass is 10.1. The third-order valence-electron chi connectivity index (χ3n) is 4.36. The summed E-state index contributed by atoms with van der Waals surface area (Å²) in [5, 5.41) is 0. The lowest BCUT2D eigenvalue weighted by molar-refractivity contribution is -0.132. The number of halogens is 2. The molecule has 0 radical (unpaired) electrons. The lowest BCUT2D eigenvalue weighted by Crippen LogP contribution is -2.42. The summed E-state index contributed by atoms with van der Waals surface area (Å²) in [6.07, 6.45) is -0.0519. The summed E-state index contributed by atoms with van der Waals surface area (Å²) < 4.78 is 37.2. The zero-order valence-electron chi connectivity index (χ0n) is 13.7. The van der Waals surface area contributed by atoms with Crippen LogP contribution in [0.15, 0.2) is 22.6 Å².